The molecule has 0 saturated carbocycles. The molecule has 8 heteroatoms. The molecular formula is C30H27BrClNO5. The summed E-state index contributed by atoms with van der Waals surface area (Å²) in [5, 5.41) is 1.01. The van der Waals surface area contributed by atoms with E-state index in [0.29, 0.717) is 34.3 Å². The Bertz CT molecular complexity index is 1460. The van der Waals surface area contributed by atoms with Crippen molar-refractivity contribution in [2.75, 3.05) is 13.2 Å². The number of halogens is 2. The Labute approximate surface area is 234 Å². The van der Waals surface area contributed by atoms with Gasteiger partial charge >= 0.3 is 11.9 Å². The number of aromatic nitrogens is 1. The van der Waals surface area contributed by atoms with Crippen LogP contribution in [-0.2, 0) is 20.7 Å². The molecule has 0 amide bonds. The number of ketones is 1. The standard InChI is InChI=1S/C30H27BrClNO5/c1-3-37-29(35)25(16-10-19-8-6-5-7-9-19)33-24-17-13-21(31)18-23(24)26(27(33)30(36)38-4-2)28(34)20-11-14-22(32)15-12-20/h5-9,11-15,17-18,25H,3-4,10,16H2,1-2H3/t25-/m0/s1. The smallest absolute Gasteiger partial charge is 0.355 e. The van der Waals surface area contributed by atoms with E-state index in [2.05, 4.69) is 15.9 Å². The van der Waals surface area contributed by atoms with Crippen LogP contribution in [0.15, 0.2) is 77.3 Å². The molecule has 6 nitrogen and oxygen atoms in total. The van der Waals surface area contributed by atoms with Crippen LogP contribution < -0.4 is 0 Å². The number of carbonyl (C=O) groups excluding carboxylic acids is 3. The third-order valence-electron chi connectivity index (χ3n) is 6.19. The highest BCUT2D eigenvalue weighted by molar-refractivity contribution is 9.10. The molecule has 0 spiro atoms. The molecule has 0 radical (unpaired) electrons. The highest BCUT2D eigenvalue weighted by atomic mass is 79.9. The normalized spacial score (nSPS) is 11.8. The van der Waals surface area contributed by atoms with Gasteiger partial charge in [0.25, 0.3) is 0 Å². The summed E-state index contributed by atoms with van der Waals surface area (Å²) in [5.41, 5.74) is 2.13. The SMILES string of the molecule is CCOC(=O)c1c(C(=O)c2ccc(Cl)cc2)c2cc(Br)ccc2n1[C@@H](CCc1ccccc1)C(=O)OCC. The van der Waals surface area contributed by atoms with Gasteiger partial charge in [-0.2, -0.15) is 0 Å². The zero-order valence-corrected chi connectivity index (χ0v) is 23.4. The second-order valence-electron chi connectivity index (χ2n) is 8.60. The van der Waals surface area contributed by atoms with Crippen molar-refractivity contribution < 1.29 is 23.9 Å². The van der Waals surface area contributed by atoms with Crippen LogP contribution in [-0.4, -0.2) is 35.5 Å². The molecule has 38 heavy (non-hydrogen) atoms. The maximum absolute atomic E-state index is 13.9. The molecule has 0 aliphatic rings. The van der Waals surface area contributed by atoms with Crippen LogP contribution in [0.1, 0.15) is 58.3 Å². The van der Waals surface area contributed by atoms with Gasteiger partial charge in [-0.25, -0.2) is 9.59 Å². The molecule has 0 fully saturated rings. The molecule has 1 aromatic heterocycles. The van der Waals surface area contributed by atoms with E-state index in [4.69, 9.17) is 21.1 Å². The molecule has 196 valence electrons. The summed E-state index contributed by atoms with van der Waals surface area (Å²) < 4.78 is 13.2. The molecule has 0 saturated heterocycles. The number of rotatable bonds is 10. The molecule has 1 atom stereocenters. The number of benzene rings is 3. The fourth-order valence-corrected chi connectivity index (χ4v) is 5.01. The van der Waals surface area contributed by atoms with Crippen LogP contribution in [0.25, 0.3) is 10.9 Å². The molecule has 0 aliphatic heterocycles. The van der Waals surface area contributed by atoms with Crippen molar-refractivity contribution in [3.05, 3.63) is 105 Å². The average molecular weight is 597 g/mol. The Morgan fingerprint density at radius 3 is 2.26 bits per heavy atom. The zero-order chi connectivity index (χ0) is 27.2. The van der Waals surface area contributed by atoms with Gasteiger partial charge in [0.15, 0.2) is 5.78 Å². The predicted molar refractivity (Wildman–Crippen MR) is 151 cm³/mol. The van der Waals surface area contributed by atoms with Crippen LogP contribution in [0.2, 0.25) is 5.02 Å². The number of esters is 2. The van der Waals surface area contributed by atoms with Gasteiger partial charge in [0.2, 0.25) is 0 Å². The summed E-state index contributed by atoms with van der Waals surface area (Å²) in [6.07, 6.45) is 0.910. The maximum atomic E-state index is 13.9. The van der Waals surface area contributed by atoms with Crippen molar-refractivity contribution in [3.8, 4) is 0 Å². The van der Waals surface area contributed by atoms with Gasteiger partial charge in [0.05, 0.1) is 24.3 Å². The van der Waals surface area contributed by atoms with Crippen molar-refractivity contribution in [1.29, 1.82) is 0 Å². The lowest BCUT2D eigenvalue weighted by atomic mass is 10.00. The Kier molecular flexibility index (Phi) is 9.02. The first-order valence-electron chi connectivity index (χ1n) is 12.4. The lowest BCUT2D eigenvalue weighted by Crippen LogP contribution is -2.27. The Balaban J connectivity index is 1.97. The quantitative estimate of drug-likeness (QED) is 0.143. The number of ether oxygens (including phenoxy) is 2. The lowest BCUT2D eigenvalue weighted by Gasteiger charge is -2.21. The Morgan fingerprint density at radius 1 is 0.921 bits per heavy atom. The molecule has 1 heterocycles. The third kappa shape index (κ3) is 5.84. The van der Waals surface area contributed by atoms with Crippen molar-refractivity contribution in [1.82, 2.24) is 4.57 Å². The van der Waals surface area contributed by atoms with Crippen LogP contribution in [0.4, 0.5) is 0 Å². The van der Waals surface area contributed by atoms with Crippen LogP contribution >= 0.6 is 27.5 Å². The highest BCUT2D eigenvalue weighted by Crippen LogP contribution is 2.36. The first-order valence-corrected chi connectivity index (χ1v) is 13.5. The van der Waals surface area contributed by atoms with Crippen molar-refractivity contribution >= 4 is 56.2 Å². The Hall–Kier alpha value is -3.42. The average Bonchev–Trinajstić information content (AvgIpc) is 3.24. The summed E-state index contributed by atoms with van der Waals surface area (Å²) in [4.78, 5) is 40.8. The van der Waals surface area contributed by atoms with E-state index in [0.717, 1.165) is 10.0 Å². The minimum Gasteiger partial charge on any atom is -0.464 e. The number of aryl methyl sites for hydroxylation is 1. The van der Waals surface area contributed by atoms with Gasteiger partial charge < -0.3 is 14.0 Å². The summed E-state index contributed by atoms with van der Waals surface area (Å²) in [5.74, 6) is -1.55. The summed E-state index contributed by atoms with van der Waals surface area (Å²) in [6.45, 7) is 3.71. The molecule has 0 bridgehead atoms. The topological polar surface area (TPSA) is 74.6 Å². The first kappa shape index (κ1) is 27.6. The first-order chi connectivity index (χ1) is 18.3. The van der Waals surface area contributed by atoms with Gasteiger partial charge in [0, 0.05) is 20.4 Å². The minimum absolute atomic E-state index is 0.0195. The predicted octanol–water partition coefficient (Wildman–Crippen LogP) is 7.20. The summed E-state index contributed by atoms with van der Waals surface area (Å²) in [6, 6.07) is 20.7. The molecule has 0 N–H and O–H groups in total. The van der Waals surface area contributed by atoms with E-state index < -0.39 is 18.0 Å². The molecular weight excluding hydrogens is 570 g/mol. The van der Waals surface area contributed by atoms with Gasteiger partial charge in [-0.05, 0) is 74.7 Å². The van der Waals surface area contributed by atoms with Crippen LogP contribution in [0.3, 0.4) is 0 Å². The number of fused-ring (bicyclic) bond motifs is 1. The van der Waals surface area contributed by atoms with E-state index in [9.17, 15) is 14.4 Å². The van der Waals surface area contributed by atoms with E-state index in [1.807, 2.05) is 36.4 Å². The molecule has 4 aromatic rings. The monoisotopic (exact) mass is 595 g/mol. The largest absolute Gasteiger partial charge is 0.464 e. The minimum atomic E-state index is -0.870. The Morgan fingerprint density at radius 2 is 1.61 bits per heavy atom. The fraction of sp³-hybridized carbons (Fsp3) is 0.233. The molecule has 3 aromatic carbocycles. The third-order valence-corrected chi connectivity index (χ3v) is 6.93. The van der Waals surface area contributed by atoms with E-state index >= 15 is 0 Å². The second kappa shape index (κ2) is 12.4. The second-order valence-corrected chi connectivity index (χ2v) is 9.96. The highest BCUT2D eigenvalue weighted by Gasteiger charge is 2.35. The van der Waals surface area contributed by atoms with E-state index in [1.54, 1.807) is 54.8 Å². The number of hydrogen-bond acceptors (Lipinski definition) is 5. The summed E-state index contributed by atoms with van der Waals surface area (Å²) >= 11 is 9.54. The fourth-order valence-electron chi connectivity index (χ4n) is 4.52. The molecule has 0 unspecified atom stereocenters. The van der Waals surface area contributed by atoms with Gasteiger partial charge in [-0.15, -0.1) is 0 Å². The van der Waals surface area contributed by atoms with E-state index in [1.165, 1.54) is 0 Å². The number of nitrogens with zero attached hydrogens (tertiary/aromatic N) is 1. The van der Waals surface area contributed by atoms with Crippen LogP contribution in [0, 0.1) is 0 Å². The maximum Gasteiger partial charge on any atom is 0.355 e. The van der Waals surface area contributed by atoms with Gasteiger partial charge in [0.1, 0.15) is 11.7 Å². The molecule has 4 rings (SSSR count). The van der Waals surface area contributed by atoms with E-state index in [-0.39, 0.29) is 30.3 Å². The van der Waals surface area contributed by atoms with Gasteiger partial charge in [-0.1, -0.05) is 57.9 Å². The molecule has 0 aliphatic carbocycles. The van der Waals surface area contributed by atoms with Gasteiger partial charge in [-0.3, -0.25) is 4.79 Å². The number of hydrogen-bond donors (Lipinski definition) is 0. The lowest BCUT2D eigenvalue weighted by molar-refractivity contribution is -0.147. The zero-order valence-electron chi connectivity index (χ0n) is 21.1. The summed E-state index contributed by atoms with van der Waals surface area (Å²) in [7, 11) is 0. The van der Waals surface area contributed by atoms with Crippen LogP contribution in [0.5, 0.6) is 0 Å². The number of carbonyl (C=O) groups is 3. The van der Waals surface area contributed by atoms with Crippen molar-refractivity contribution in [3.63, 3.8) is 0 Å². The van der Waals surface area contributed by atoms with Crippen molar-refractivity contribution in [2.45, 2.75) is 32.7 Å². The van der Waals surface area contributed by atoms with Crippen molar-refractivity contribution in [2.24, 2.45) is 0 Å².